The molecule has 3 heterocycles. The van der Waals surface area contributed by atoms with Crippen LogP contribution < -0.4 is 5.32 Å². The summed E-state index contributed by atoms with van der Waals surface area (Å²) >= 11 is 0. The Bertz CT molecular complexity index is 838. The largest absolute Gasteiger partial charge is 0.376 e. The molecule has 0 radical (unpaired) electrons. The molecule has 10 heteroatoms. The highest BCUT2D eigenvalue weighted by Gasteiger charge is 2.19. The normalized spacial score (nSPS) is 16.8. The van der Waals surface area contributed by atoms with Gasteiger partial charge < -0.3 is 19.5 Å². The van der Waals surface area contributed by atoms with Gasteiger partial charge in [0.05, 0.1) is 11.8 Å². The Balaban J connectivity index is 0.00000320. The van der Waals surface area contributed by atoms with Crippen molar-refractivity contribution in [3.05, 3.63) is 29.1 Å². The Morgan fingerprint density at radius 3 is 2.73 bits per heavy atom. The third-order valence-electron chi connectivity index (χ3n) is 5.32. The number of hydrogen-bond acceptors (Lipinski definition) is 5. The molecular weight excluding hydrogens is 495 g/mol. The summed E-state index contributed by atoms with van der Waals surface area (Å²) in [5.41, 5.74) is 2.34. The fraction of sp³-hybridized carbons (Fsp3) is 0.700. The van der Waals surface area contributed by atoms with Crippen molar-refractivity contribution < 1.29 is 4.74 Å². The van der Waals surface area contributed by atoms with Gasteiger partial charge in [-0.3, -0.25) is 4.68 Å². The summed E-state index contributed by atoms with van der Waals surface area (Å²) in [4.78, 5) is 6.97. The summed E-state index contributed by atoms with van der Waals surface area (Å²) in [5.74, 6) is 2.94. The molecule has 168 valence electrons. The van der Waals surface area contributed by atoms with E-state index < -0.39 is 0 Å². The van der Waals surface area contributed by atoms with Crippen LogP contribution in [0.5, 0.6) is 0 Å². The van der Waals surface area contributed by atoms with Crippen LogP contribution in [0.1, 0.15) is 55.5 Å². The smallest absolute Gasteiger partial charge is 0.194 e. The quantitative estimate of drug-likeness (QED) is 0.336. The molecule has 0 saturated carbocycles. The second-order valence-corrected chi connectivity index (χ2v) is 8.10. The van der Waals surface area contributed by atoms with Gasteiger partial charge in [0, 0.05) is 52.6 Å². The summed E-state index contributed by atoms with van der Waals surface area (Å²) in [7, 11) is 5.99. The highest BCUT2D eigenvalue weighted by Crippen LogP contribution is 2.19. The van der Waals surface area contributed by atoms with E-state index in [9.17, 15) is 0 Å². The highest BCUT2D eigenvalue weighted by molar-refractivity contribution is 14.0. The van der Waals surface area contributed by atoms with Crippen molar-refractivity contribution in [2.24, 2.45) is 19.1 Å². The Morgan fingerprint density at radius 2 is 2.13 bits per heavy atom. The first-order valence-electron chi connectivity index (χ1n) is 10.3. The minimum Gasteiger partial charge on any atom is -0.376 e. The van der Waals surface area contributed by atoms with E-state index in [0.717, 1.165) is 55.8 Å². The molecule has 0 amide bonds. The van der Waals surface area contributed by atoms with Crippen LogP contribution in [-0.2, 0) is 31.9 Å². The zero-order valence-corrected chi connectivity index (χ0v) is 21.3. The van der Waals surface area contributed by atoms with Crippen LogP contribution in [0.4, 0.5) is 0 Å². The molecule has 1 aliphatic rings. The average Bonchev–Trinajstić information content (AvgIpc) is 3.38. The van der Waals surface area contributed by atoms with Crippen molar-refractivity contribution in [1.82, 2.24) is 34.8 Å². The van der Waals surface area contributed by atoms with Gasteiger partial charge in [-0.05, 0) is 25.7 Å². The van der Waals surface area contributed by atoms with E-state index >= 15 is 0 Å². The zero-order chi connectivity index (χ0) is 21.0. The van der Waals surface area contributed by atoms with Crippen molar-refractivity contribution in [2.45, 2.75) is 58.7 Å². The van der Waals surface area contributed by atoms with Gasteiger partial charge in [-0.2, -0.15) is 5.10 Å². The molecule has 2 aromatic heterocycles. The standard InChI is InChI=1S/C20H34N8O.HI/c1-14(2)19-16(13-27(5)25-19)12-26(4)20(21-10-17-8-7-9-29-17)22-11-18-24-23-15(3)28(18)6;/h13-14,17H,7-12H2,1-6H3,(H,21,22);1H. The molecule has 1 unspecified atom stereocenters. The van der Waals surface area contributed by atoms with Gasteiger partial charge in [0.2, 0.25) is 0 Å². The molecule has 1 atom stereocenters. The van der Waals surface area contributed by atoms with Crippen LogP contribution in [0.2, 0.25) is 0 Å². The van der Waals surface area contributed by atoms with Gasteiger partial charge in [0.15, 0.2) is 11.8 Å². The molecule has 1 N–H and O–H groups in total. The SMILES string of the molecule is Cc1nnc(CN=C(NCC2CCCO2)N(C)Cc2cn(C)nc2C(C)C)n1C.I. The Labute approximate surface area is 196 Å². The summed E-state index contributed by atoms with van der Waals surface area (Å²) in [6.07, 6.45) is 4.55. The Morgan fingerprint density at radius 1 is 1.37 bits per heavy atom. The van der Waals surface area contributed by atoms with Gasteiger partial charge in [0.25, 0.3) is 0 Å². The monoisotopic (exact) mass is 530 g/mol. The molecule has 0 spiro atoms. The first kappa shape index (κ1) is 24.6. The lowest BCUT2D eigenvalue weighted by atomic mass is 10.1. The minimum absolute atomic E-state index is 0. The number of ether oxygens (including phenoxy) is 1. The Hall–Kier alpha value is -1.69. The molecule has 9 nitrogen and oxygen atoms in total. The molecule has 0 bridgehead atoms. The first-order valence-corrected chi connectivity index (χ1v) is 10.3. The third-order valence-corrected chi connectivity index (χ3v) is 5.32. The number of aryl methyl sites for hydroxylation is 2. The molecule has 2 aromatic rings. The van der Waals surface area contributed by atoms with E-state index in [1.54, 1.807) is 0 Å². The van der Waals surface area contributed by atoms with Crippen LogP contribution in [0.15, 0.2) is 11.2 Å². The topological polar surface area (TPSA) is 85.4 Å². The maximum atomic E-state index is 5.76. The predicted octanol–water partition coefficient (Wildman–Crippen LogP) is 2.36. The lowest BCUT2D eigenvalue weighted by Gasteiger charge is -2.24. The number of guanidine groups is 1. The number of aromatic nitrogens is 5. The van der Waals surface area contributed by atoms with Crippen molar-refractivity contribution >= 4 is 29.9 Å². The third kappa shape index (κ3) is 6.16. The van der Waals surface area contributed by atoms with Crippen LogP contribution >= 0.6 is 24.0 Å². The van der Waals surface area contributed by atoms with Gasteiger partial charge >= 0.3 is 0 Å². The van der Waals surface area contributed by atoms with E-state index in [-0.39, 0.29) is 30.1 Å². The fourth-order valence-corrected chi connectivity index (χ4v) is 3.55. The van der Waals surface area contributed by atoms with Crippen LogP contribution in [0, 0.1) is 6.92 Å². The number of hydrogen-bond donors (Lipinski definition) is 1. The maximum absolute atomic E-state index is 5.76. The number of nitrogens with one attached hydrogen (secondary N) is 1. The van der Waals surface area contributed by atoms with E-state index in [1.165, 1.54) is 5.56 Å². The molecule has 0 aliphatic carbocycles. The summed E-state index contributed by atoms with van der Waals surface area (Å²) in [6, 6.07) is 0. The van der Waals surface area contributed by atoms with Gasteiger partial charge in [-0.15, -0.1) is 34.2 Å². The Kier molecular flexibility index (Phi) is 9.08. The number of rotatable bonds is 7. The summed E-state index contributed by atoms with van der Waals surface area (Å²) < 4.78 is 9.62. The first-order chi connectivity index (χ1) is 13.8. The molecule has 1 aliphatic heterocycles. The van der Waals surface area contributed by atoms with Crippen LogP contribution in [0.3, 0.4) is 0 Å². The van der Waals surface area contributed by atoms with E-state index in [2.05, 4.69) is 52.6 Å². The molecule has 0 aromatic carbocycles. The van der Waals surface area contributed by atoms with Crippen LogP contribution in [0.25, 0.3) is 0 Å². The van der Waals surface area contributed by atoms with Crippen molar-refractivity contribution in [3.63, 3.8) is 0 Å². The molecule has 1 saturated heterocycles. The molecule has 1 fully saturated rings. The number of aliphatic imine (C=N–C) groups is 1. The molecule has 3 rings (SSSR count). The number of halogens is 1. The van der Waals surface area contributed by atoms with Gasteiger partial charge in [0.1, 0.15) is 12.4 Å². The number of nitrogens with zero attached hydrogens (tertiary/aromatic N) is 7. The second kappa shape index (κ2) is 11.1. The average molecular weight is 530 g/mol. The lowest BCUT2D eigenvalue weighted by Crippen LogP contribution is -2.42. The predicted molar refractivity (Wildman–Crippen MR) is 128 cm³/mol. The van der Waals surface area contributed by atoms with Crippen LogP contribution in [-0.4, -0.2) is 61.7 Å². The van der Waals surface area contributed by atoms with E-state index in [0.29, 0.717) is 12.5 Å². The van der Waals surface area contributed by atoms with Crippen molar-refractivity contribution in [3.8, 4) is 0 Å². The maximum Gasteiger partial charge on any atom is 0.194 e. The highest BCUT2D eigenvalue weighted by atomic mass is 127. The van der Waals surface area contributed by atoms with E-state index in [4.69, 9.17) is 9.73 Å². The summed E-state index contributed by atoms with van der Waals surface area (Å²) in [6.45, 7) is 9.10. The van der Waals surface area contributed by atoms with Gasteiger partial charge in [-0.1, -0.05) is 13.8 Å². The van der Waals surface area contributed by atoms with E-state index in [1.807, 2.05) is 30.3 Å². The zero-order valence-electron chi connectivity index (χ0n) is 18.9. The molecule has 30 heavy (non-hydrogen) atoms. The molecular formula is C20H35IN8O. The van der Waals surface area contributed by atoms with Crippen molar-refractivity contribution in [1.29, 1.82) is 0 Å². The lowest BCUT2D eigenvalue weighted by molar-refractivity contribution is 0.113. The second-order valence-electron chi connectivity index (χ2n) is 8.10. The fourth-order valence-electron chi connectivity index (χ4n) is 3.55. The van der Waals surface area contributed by atoms with Crippen molar-refractivity contribution in [2.75, 3.05) is 20.2 Å². The van der Waals surface area contributed by atoms with Gasteiger partial charge in [-0.25, -0.2) is 4.99 Å². The minimum atomic E-state index is 0. The summed E-state index contributed by atoms with van der Waals surface area (Å²) in [5, 5.41) is 16.5.